The van der Waals surface area contributed by atoms with Gasteiger partial charge in [0.25, 0.3) is 0 Å². The zero-order chi connectivity index (χ0) is 48.8. The Morgan fingerprint density at radius 3 is 1.07 bits per heavy atom. The van der Waals surface area contributed by atoms with Crippen molar-refractivity contribution >= 4 is 11.9 Å². The van der Waals surface area contributed by atoms with Crippen LogP contribution in [0.1, 0.15) is 329 Å². The summed E-state index contributed by atoms with van der Waals surface area (Å²) in [6.45, 7) is 6.51. The molecule has 0 saturated heterocycles. The van der Waals surface area contributed by atoms with E-state index in [1.165, 1.54) is 231 Å². The third-order valence-corrected chi connectivity index (χ3v) is 14.0. The first kappa shape index (κ1) is 65.3. The second-order valence-corrected chi connectivity index (χ2v) is 20.7. The minimum absolute atomic E-state index is 0.0778. The van der Waals surface area contributed by atoms with Gasteiger partial charge in [-0.25, -0.2) is 0 Å². The molecule has 0 aliphatic heterocycles. The summed E-state index contributed by atoms with van der Waals surface area (Å²) in [5, 5.41) is 23.9. The van der Waals surface area contributed by atoms with Gasteiger partial charge in [0.05, 0.1) is 25.2 Å². The summed E-state index contributed by atoms with van der Waals surface area (Å²) in [4.78, 5) is 26.3. The number of aliphatic hydroxyl groups excluding tert-OH is 2. The van der Waals surface area contributed by atoms with Crippen LogP contribution in [0.3, 0.4) is 0 Å². The van der Waals surface area contributed by atoms with Crippen molar-refractivity contribution < 1.29 is 24.5 Å². The quantitative estimate of drug-likeness (QED) is 0.0321. The predicted octanol–water partition coefficient (Wildman–Crippen LogP) is 18.6. The standard InChI is InChI=1S/C61H117NO5/c1-4-7-10-13-16-19-22-25-28-30-32-34-37-40-43-46-49-52-57(67-61(66)54-51-48-45-42-39-36-31-27-24-21-18-15-12-9-6-3)55-60(65)62-58(56-63)59(64)53-50-47-44-41-38-35-33-29-26-23-20-17-14-11-8-5-2/h21,24-25,28,57-59,63-64H,4-20,22-23,26-27,29-56H2,1-3H3,(H,62,65)/b24-21-,28-25+. The van der Waals surface area contributed by atoms with Crippen molar-refractivity contribution in [2.75, 3.05) is 6.61 Å². The fourth-order valence-corrected chi connectivity index (χ4v) is 9.42. The number of allylic oxidation sites excluding steroid dienone is 4. The van der Waals surface area contributed by atoms with Crippen LogP contribution in [0.25, 0.3) is 0 Å². The number of carbonyl (C=O) groups is 2. The van der Waals surface area contributed by atoms with Gasteiger partial charge in [-0.05, 0) is 77.0 Å². The number of hydrogen-bond acceptors (Lipinski definition) is 5. The second-order valence-electron chi connectivity index (χ2n) is 20.7. The molecule has 0 bridgehead atoms. The fraction of sp³-hybridized carbons (Fsp3) is 0.902. The normalized spacial score (nSPS) is 13.2. The lowest BCUT2D eigenvalue weighted by molar-refractivity contribution is -0.151. The average Bonchev–Trinajstić information content (AvgIpc) is 3.32. The van der Waals surface area contributed by atoms with Crippen LogP contribution in [-0.2, 0) is 14.3 Å². The van der Waals surface area contributed by atoms with Crippen molar-refractivity contribution in [3.05, 3.63) is 24.3 Å². The highest BCUT2D eigenvalue weighted by atomic mass is 16.5. The number of esters is 1. The number of rotatable bonds is 55. The Morgan fingerprint density at radius 1 is 0.418 bits per heavy atom. The maximum absolute atomic E-state index is 13.3. The van der Waals surface area contributed by atoms with E-state index in [0.717, 1.165) is 51.4 Å². The molecule has 0 saturated carbocycles. The number of hydrogen-bond donors (Lipinski definition) is 3. The minimum Gasteiger partial charge on any atom is -0.462 e. The highest BCUT2D eigenvalue weighted by Gasteiger charge is 2.24. The molecule has 67 heavy (non-hydrogen) atoms. The van der Waals surface area contributed by atoms with Crippen molar-refractivity contribution in [3.63, 3.8) is 0 Å². The molecular formula is C61H117NO5. The van der Waals surface area contributed by atoms with Gasteiger partial charge in [-0.1, -0.05) is 263 Å². The maximum atomic E-state index is 13.3. The molecule has 3 N–H and O–H groups in total. The van der Waals surface area contributed by atoms with Gasteiger partial charge in [-0.3, -0.25) is 9.59 Å². The largest absolute Gasteiger partial charge is 0.462 e. The Kier molecular flexibility index (Phi) is 53.9. The van der Waals surface area contributed by atoms with Crippen LogP contribution in [-0.4, -0.2) is 46.9 Å². The Balaban J connectivity index is 4.53. The van der Waals surface area contributed by atoms with Crippen LogP contribution in [0, 0.1) is 0 Å². The van der Waals surface area contributed by atoms with Crippen LogP contribution in [0.5, 0.6) is 0 Å². The van der Waals surface area contributed by atoms with Gasteiger partial charge in [0.15, 0.2) is 0 Å². The Labute approximate surface area is 418 Å². The molecule has 0 rings (SSSR count). The van der Waals surface area contributed by atoms with Gasteiger partial charge < -0.3 is 20.3 Å². The lowest BCUT2D eigenvalue weighted by Crippen LogP contribution is -2.46. The molecular weight excluding hydrogens is 827 g/mol. The lowest BCUT2D eigenvalue weighted by atomic mass is 10.0. The first-order valence-electron chi connectivity index (χ1n) is 30.1. The predicted molar refractivity (Wildman–Crippen MR) is 292 cm³/mol. The van der Waals surface area contributed by atoms with E-state index in [4.69, 9.17) is 4.74 Å². The summed E-state index contributed by atoms with van der Waals surface area (Å²) in [6.07, 6.45) is 65.3. The molecule has 0 radical (unpaired) electrons. The Bertz CT molecular complexity index is 1060. The topological polar surface area (TPSA) is 95.9 Å². The molecule has 6 heteroatoms. The van der Waals surface area contributed by atoms with Gasteiger partial charge in [-0.15, -0.1) is 0 Å². The molecule has 0 fully saturated rings. The Hall–Kier alpha value is -1.66. The molecule has 0 aromatic heterocycles. The molecule has 1 amide bonds. The molecule has 6 nitrogen and oxygen atoms in total. The van der Waals surface area contributed by atoms with Crippen LogP contribution in [0.15, 0.2) is 24.3 Å². The summed E-state index contributed by atoms with van der Waals surface area (Å²) >= 11 is 0. The number of unbranched alkanes of at least 4 members (excludes halogenated alkanes) is 39. The molecule has 3 unspecified atom stereocenters. The minimum atomic E-state index is -0.787. The number of aliphatic hydroxyl groups is 2. The molecule has 0 aromatic carbocycles. The summed E-state index contributed by atoms with van der Waals surface area (Å²) < 4.78 is 5.97. The zero-order valence-electron chi connectivity index (χ0n) is 45.3. The zero-order valence-corrected chi connectivity index (χ0v) is 45.3. The van der Waals surface area contributed by atoms with E-state index in [1.54, 1.807) is 0 Å². The van der Waals surface area contributed by atoms with Gasteiger partial charge in [0, 0.05) is 6.42 Å². The second kappa shape index (κ2) is 55.3. The van der Waals surface area contributed by atoms with E-state index in [9.17, 15) is 19.8 Å². The lowest BCUT2D eigenvalue weighted by Gasteiger charge is -2.24. The number of ether oxygens (including phenoxy) is 1. The van der Waals surface area contributed by atoms with Crippen molar-refractivity contribution in [2.24, 2.45) is 0 Å². The molecule has 396 valence electrons. The maximum Gasteiger partial charge on any atom is 0.306 e. The van der Waals surface area contributed by atoms with Crippen LogP contribution in [0.4, 0.5) is 0 Å². The molecule has 0 aliphatic rings. The van der Waals surface area contributed by atoms with E-state index in [-0.39, 0.29) is 24.9 Å². The number of carbonyl (C=O) groups excluding carboxylic acids is 2. The highest BCUT2D eigenvalue weighted by Crippen LogP contribution is 2.19. The van der Waals surface area contributed by atoms with Crippen molar-refractivity contribution in [2.45, 2.75) is 347 Å². The monoisotopic (exact) mass is 944 g/mol. The number of nitrogens with one attached hydrogen (secondary N) is 1. The van der Waals surface area contributed by atoms with Crippen LogP contribution in [0.2, 0.25) is 0 Å². The summed E-state index contributed by atoms with van der Waals surface area (Å²) in [5.74, 6) is -0.464. The molecule has 0 heterocycles. The van der Waals surface area contributed by atoms with Gasteiger partial charge in [0.1, 0.15) is 6.10 Å². The van der Waals surface area contributed by atoms with E-state index in [0.29, 0.717) is 19.3 Å². The van der Waals surface area contributed by atoms with Crippen molar-refractivity contribution in [3.8, 4) is 0 Å². The van der Waals surface area contributed by atoms with Gasteiger partial charge in [0.2, 0.25) is 5.91 Å². The van der Waals surface area contributed by atoms with Gasteiger partial charge in [-0.2, -0.15) is 0 Å². The van der Waals surface area contributed by atoms with E-state index in [1.807, 2.05) is 0 Å². The summed E-state index contributed by atoms with van der Waals surface area (Å²) in [5.41, 5.74) is 0. The third-order valence-electron chi connectivity index (χ3n) is 14.0. The van der Waals surface area contributed by atoms with Crippen molar-refractivity contribution in [1.82, 2.24) is 5.32 Å². The Morgan fingerprint density at radius 2 is 0.716 bits per heavy atom. The van der Waals surface area contributed by atoms with E-state index in [2.05, 4.69) is 50.4 Å². The summed E-state index contributed by atoms with van der Waals surface area (Å²) in [7, 11) is 0. The SMILES string of the molecule is CCCCCC/C=C\CCCCCCCCCC(=O)OC(CCCCCCCCC/C=C/CCCCCCCC)CC(=O)NC(CO)C(O)CCCCCCCCCCCCCCCCCC. The average molecular weight is 945 g/mol. The van der Waals surface area contributed by atoms with Crippen molar-refractivity contribution in [1.29, 1.82) is 0 Å². The first-order valence-corrected chi connectivity index (χ1v) is 30.1. The van der Waals surface area contributed by atoms with Crippen LogP contribution >= 0.6 is 0 Å². The first-order chi connectivity index (χ1) is 33.0. The smallest absolute Gasteiger partial charge is 0.306 e. The molecule has 0 spiro atoms. The third kappa shape index (κ3) is 50.5. The summed E-state index contributed by atoms with van der Waals surface area (Å²) in [6, 6.07) is -0.701. The molecule has 0 aromatic rings. The van der Waals surface area contributed by atoms with E-state index < -0.39 is 18.2 Å². The molecule has 3 atom stereocenters. The van der Waals surface area contributed by atoms with Crippen LogP contribution < -0.4 is 5.32 Å². The van der Waals surface area contributed by atoms with E-state index >= 15 is 0 Å². The van der Waals surface area contributed by atoms with Gasteiger partial charge >= 0.3 is 5.97 Å². The fourth-order valence-electron chi connectivity index (χ4n) is 9.42. The number of amides is 1. The highest BCUT2D eigenvalue weighted by molar-refractivity contribution is 5.77. The molecule has 0 aliphatic carbocycles.